The zero-order valence-electron chi connectivity index (χ0n) is 22.7. The molecule has 1 atom stereocenters. The van der Waals surface area contributed by atoms with Crippen LogP contribution in [0.15, 0.2) is 54.8 Å². The monoisotopic (exact) mass is 504 g/mol. The molecule has 1 unspecified atom stereocenters. The minimum atomic E-state index is -0.0569. The van der Waals surface area contributed by atoms with Crippen molar-refractivity contribution in [1.29, 1.82) is 0 Å². The number of amides is 2. The first-order valence-electron chi connectivity index (χ1n) is 14.3. The number of urea groups is 1. The molecule has 4 rings (SSSR count). The number of hydrogen-bond donors (Lipinski definition) is 2. The fourth-order valence-corrected chi connectivity index (χ4v) is 5.81. The predicted molar refractivity (Wildman–Crippen MR) is 153 cm³/mol. The summed E-state index contributed by atoms with van der Waals surface area (Å²) in [6, 6.07) is 15.1. The highest BCUT2D eigenvalue weighted by Crippen LogP contribution is 2.40. The molecule has 37 heavy (non-hydrogen) atoms. The molecule has 5 heteroatoms. The minimum Gasteiger partial charge on any atom is -0.513 e. The Bertz CT molecular complexity index is 1040. The van der Waals surface area contributed by atoms with Gasteiger partial charge in [-0.1, -0.05) is 69.5 Å². The fourth-order valence-electron chi connectivity index (χ4n) is 5.81. The van der Waals surface area contributed by atoms with Gasteiger partial charge >= 0.3 is 6.03 Å². The molecule has 0 bridgehead atoms. The summed E-state index contributed by atoms with van der Waals surface area (Å²) in [7, 11) is 0. The largest absolute Gasteiger partial charge is 0.513 e. The summed E-state index contributed by atoms with van der Waals surface area (Å²) < 4.78 is 6.15. The van der Waals surface area contributed by atoms with Gasteiger partial charge in [-0.2, -0.15) is 0 Å². The molecule has 0 radical (unpaired) electrons. The van der Waals surface area contributed by atoms with Crippen molar-refractivity contribution in [3.63, 3.8) is 0 Å². The number of fused-ring (bicyclic) bond motifs is 1. The van der Waals surface area contributed by atoms with Gasteiger partial charge in [0, 0.05) is 13.0 Å². The van der Waals surface area contributed by atoms with Crippen LogP contribution in [0.1, 0.15) is 89.5 Å². The van der Waals surface area contributed by atoms with Crippen LogP contribution >= 0.6 is 0 Å². The van der Waals surface area contributed by atoms with Gasteiger partial charge in [-0.25, -0.2) is 4.79 Å². The predicted octanol–water partition coefficient (Wildman–Crippen LogP) is 8.36. The van der Waals surface area contributed by atoms with Gasteiger partial charge in [-0.15, -0.1) is 0 Å². The first-order chi connectivity index (χ1) is 17.9. The maximum atomic E-state index is 13.0. The summed E-state index contributed by atoms with van der Waals surface area (Å²) in [5, 5.41) is 12.6. The van der Waals surface area contributed by atoms with Crippen molar-refractivity contribution in [2.75, 3.05) is 18.0 Å². The molecule has 1 fully saturated rings. The lowest BCUT2D eigenvalue weighted by Crippen LogP contribution is -2.47. The van der Waals surface area contributed by atoms with Crippen molar-refractivity contribution in [2.45, 2.75) is 90.1 Å². The molecular formula is C32H44N2O3. The molecule has 2 N–H and O–H groups in total. The summed E-state index contributed by atoms with van der Waals surface area (Å²) in [6.45, 7) is 9.15. The van der Waals surface area contributed by atoms with Gasteiger partial charge in [0.1, 0.15) is 11.9 Å². The Labute approximate surface area is 222 Å². The van der Waals surface area contributed by atoms with E-state index < -0.39 is 0 Å². The molecule has 2 amide bonds. The number of nitrogens with zero attached hydrogens (tertiary/aromatic N) is 1. The summed E-state index contributed by atoms with van der Waals surface area (Å²) in [5.74, 6) is 2.24. The van der Waals surface area contributed by atoms with Gasteiger partial charge in [0.15, 0.2) is 0 Å². The molecule has 1 heterocycles. The number of aliphatic hydroxyl groups excluding tert-OH is 1. The highest BCUT2D eigenvalue weighted by atomic mass is 16.5. The van der Waals surface area contributed by atoms with Crippen molar-refractivity contribution in [1.82, 2.24) is 5.32 Å². The van der Waals surface area contributed by atoms with Gasteiger partial charge < -0.3 is 15.2 Å². The third-order valence-electron chi connectivity index (χ3n) is 7.91. The number of ether oxygens (including phenoxy) is 1. The van der Waals surface area contributed by atoms with Crippen LogP contribution in [0.2, 0.25) is 0 Å². The highest BCUT2D eigenvalue weighted by molar-refractivity contribution is 5.94. The quantitative estimate of drug-likeness (QED) is 0.252. The topological polar surface area (TPSA) is 61.8 Å². The van der Waals surface area contributed by atoms with E-state index in [0.29, 0.717) is 30.7 Å². The number of nitrogens with one attached hydrogen (secondary N) is 1. The van der Waals surface area contributed by atoms with Crippen molar-refractivity contribution in [3.8, 4) is 16.9 Å². The molecule has 1 aliphatic carbocycles. The van der Waals surface area contributed by atoms with E-state index in [-0.39, 0.29) is 12.1 Å². The molecule has 1 aliphatic heterocycles. The molecule has 2 aliphatic rings. The average molecular weight is 505 g/mol. The maximum absolute atomic E-state index is 13.0. The first kappa shape index (κ1) is 27.1. The first-order valence-corrected chi connectivity index (χ1v) is 14.3. The van der Waals surface area contributed by atoms with Gasteiger partial charge in [-0.3, -0.25) is 4.90 Å². The Balaban J connectivity index is 1.38. The normalized spacial score (nSPS) is 21.1. The lowest BCUT2D eigenvalue weighted by Gasteiger charge is -2.33. The number of allylic oxidation sites excluding steroid dienone is 1. The highest BCUT2D eigenvalue weighted by Gasteiger charge is 2.28. The van der Waals surface area contributed by atoms with E-state index in [4.69, 9.17) is 4.74 Å². The maximum Gasteiger partial charge on any atom is 0.322 e. The zero-order valence-corrected chi connectivity index (χ0v) is 22.7. The molecule has 0 spiro atoms. The summed E-state index contributed by atoms with van der Waals surface area (Å²) in [5.41, 5.74) is 4.48. The number of unbranched alkanes of at least 4 members (excludes halogenated alkanes) is 4. The molecular weight excluding hydrogens is 460 g/mol. The smallest absolute Gasteiger partial charge is 0.322 e. The molecule has 2 aromatic rings. The second kappa shape index (κ2) is 13.0. The number of anilines is 1. The van der Waals surface area contributed by atoms with E-state index in [1.54, 1.807) is 0 Å². The van der Waals surface area contributed by atoms with Crippen LogP contribution in [-0.2, 0) is 0 Å². The lowest BCUT2D eigenvalue weighted by molar-refractivity contribution is 0.205. The van der Waals surface area contributed by atoms with Crippen molar-refractivity contribution < 1.29 is 14.6 Å². The Kier molecular flexibility index (Phi) is 9.54. The molecule has 0 aromatic heterocycles. The van der Waals surface area contributed by atoms with Crippen molar-refractivity contribution >= 4 is 11.7 Å². The van der Waals surface area contributed by atoms with Crippen LogP contribution in [0.5, 0.6) is 5.75 Å². The number of hydrogen-bond acceptors (Lipinski definition) is 3. The fraction of sp³-hybridized carbons (Fsp3) is 0.531. The molecule has 5 nitrogen and oxygen atoms in total. The van der Waals surface area contributed by atoms with E-state index in [0.717, 1.165) is 54.7 Å². The summed E-state index contributed by atoms with van der Waals surface area (Å²) >= 11 is 0. The van der Waals surface area contributed by atoms with Crippen LogP contribution in [0, 0.1) is 5.92 Å². The Morgan fingerprint density at radius 3 is 2.43 bits per heavy atom. The standard InChI is InChI=1S/C32H44N2O3/c1-4-5-6-7-8-19-33-32(36)34-22-24(3)37-31-21-29(17-18-30(31)34)28-15-13-27(14-16-28)26-11-9-25(10-12-26)20-23(2)35/h13-18,21,24-26,35H,2,4-12,19-20,22H2,1,3H3,(H,33,36). The van der Waals surface area contributed by atoms with Gasteiger partial charge in [0.25, 0.3) is 0 Å². The van der Waals surface area contributed by atoms with E-state index in [1.807, 2.05) is 17.9 Å². The average Bonchev–Trinajstić information content (AvgIpc) is 2.90. The third-order valence-corrected chi connectivity index (χ3v) is 7.91. The second-order valence-electron chi connectivity index (χ2n) is 11.0. The number of aliphatic hydroxyl groups is 1. The van der Waals surface area contributed by atoms with Crippen molar-refractivity contribution in [2.24, 2.45) is 5.92 Å². The van der Waals surface area contributed by atoms with Crippen molar-refractivity contribution in [3.05, 3.63) is 60.4 Å². The van der Waals surface area contributed by atoms with Gasteiger partial charge in [-0.05, 0) is 79.7 Å². The number of carbonyl (C=O) groups excluding carboxylic acids is 1. The van der Waals surface area contributed by atoms with Crippen LogP contribution in [-0.4, -0.2) is 30.3 Å². The lowest BCUT2D eigenvalue weighted by atomic mass is 9.77. The molecule has 200 valence electrons. The van der Waals surface area contributed by atoms with E-state index in [2.05, 4.69) is 55.2 Å². The number of benzene rings is 2. The number of carbonyl (C=O) groups is 1. The van der Waals surface area contributed by atoms with E-state index >= 15 is 0 Å². The Hall–Kier alpha value is -2.95. The minimum absolute atomic E-state index is 0.0398. The van der Waals surface area contributed by atoms with Gasteiger partial charge in [0.05, 0.1) is 18.0 Å². The third kappa shape index (κ3) is 7.30. The molecule has 0 saturated heterocycles. The molecule has 1 saturated carbocycles. The molecule has 2 aromatic carbocycles. The number of rotatable bonds is 10. The van der Waals surface area contributed by atoms with E-state index in [1.165, 1.54) is 37.7 Å². The second-order valence-corrected chi connectivity index (χ2v) is 11.0. The SMILES string of the molecule is C=C(O)CC1CCC(c2ccc(-c3ccc4c(c3)OC(C)CN4C(=O)NCCCCCCC)cc2)CC1. The van der Waals surface area contributed by atoms with E-state index in [9.17, 15) is 9.90 Å². The van der Waals surface area contributed by atoms with Gasteiger partial charge in [0.2, 0.25) is 0 Å². The summed E-state index contributed by atoms with van der Waals surface area (Å²) in [6.07, 6.45) is 11.2. The summed E-state index contributed by atoms with van der Waals surface area (Å²) in [4.78, 5) is 14.8. The van der Waals surface area contributed by atoms with Crippen LogP contribution in [0.4, 0.5) is 10.5 Å². The van der Waals surface area contributed by atoms with Crippen LogP contribution < -0.4 is 15.0 Å². The Morgan fingerprint density at radius 2 is 1.73 bits per heavy atom. The Morgan fingerprint density at radius 1 is 1.03 bits per heavy atom. The zero-order chi connectivity index (χ0) is 26.2. The van der Waals surface area contributed by atoms with Crippen LogP contribution in [0.25, 0.3) is 11.1 Å². The van der Waals surface area contributed by atoms with Crippen LogP contribution in [0.3, 0.4) is 0 Å².